The zero-order valence-corrected chi connectivity index (χ0v) is 12.5. The van der Waals surface area contributed by atoms with Crippen molar-refractivity contribution in [1.82, 2.24) is 0 Å². The summed E-state index contributed by atoms with van der Waals surface area (Å²) in [5.74, 6) is -0.558. The van der Waals surface area contributed by atoms with E-state index in [1.165, 1.54) is 6.92 Å². The molecule has 1 atom stereocenters. The average Bonchev–Trinajstić information content (AvgIpc) is 2.34. The van der Waals surface area contributed by atoms with Crippen LogP contribution >= 0.6 is 7.82 Å². The summed E-state index contributed by atoms with van der Waals surface area (Å²) in [4.78, 5) is 20.3. The van der Waals surface area contributed by atoms with Crippen LogP contribution in [0.3, 0.4) is 0 Å². The van der Waals surface area contributed by atoms with Crippen molar-refractivity contribution in [2.75, 3.05) is 19.8 Å². The van der Waals surface area contributed by atoms with Crippen LogP contribution in [0.4, 0.5) is 0 Å². The van der Waals surface area contributed by atoms with Crippen molar-refractivity contribution in [3.8, 4) is 0 Å². The number of unbranched alkanes of at least 4 members (excludes halogenated alkanes) is 3. The van der Waals surface area contributed by atoms with Gasteiger partial charge in [0, 0.05) is 5.57 Å². The minimum Gasteiger partial charge on any atom is -0.460 e. The Morgan fingerprint density at radius 2 is 1.79 bits per heavy atom. The molecular formula is C12H23O6P. The fraction of sp³-hybridized carbons (Fsp3) is 0.750. The molecule has 6 nitrogen and oxygen atoms in total. The number of esters is 1. The van der Waals surface area contributed by atoms with Gasteiger partial charge < -0.3 is 9.63 Å². The van der Waals surface area contributed by atoms with Gasteiger partial charge in [-0.2, -0.15) is 0 Å². The van der Waals surface area contributed by atoms with Crippen LogP contribution in [0.25, 0.3) is 0 Å². The van der Waals surface area contributed by atoms with E-state index in [0.29, 0.717) is 6.42 Å². The van der Waals surface area contributed by atoms with Crippen LogP contribution in [0.2, 0.25) is 0 Å². The molecule has 0 aromatic carbocycles. The molecule has 0 bridgehead atoms. The average molecular weight is 294 g/mol. The lowest BCUT2D eigenvalue weighted by Crippen LogP contribution is -2.10. The van der Waals surface area contributed by atoms with Crippen molar-refractivity contribution in [3.63, 3.8) is 0 Å². The van der Waals surface area contributed by atoms with E-state index in [9.17, 15) is 14.3 Å². The maximum absolute atomic E-state index is 11.4. The van der Waals surface area contributed by atoms with Crippen LogP contribution in [0.5, 0.6) is 0 Å². The van der Waals surface area contributed by atoms with Crippen LogP contribution < -0.4 is 0 Å². The summed E-state index contributed by atoms with van der Waals surface area (Å²) in [6.07, 6.45) is 3.82. The minimum atomic E-state index is -4.04. The summed E-state index contributed by atoms with van der Waals surface area (Å²) < 4.78 is 25.5. The van der Waals surface area contributed by atoms with Crippen LogP contribution in [0.1, 0.15) is 39.5 Å². The predicted octanol–water partition coefficient (Wildman–Crippen LogP) is 2.82. The number of phosphoric ester groups is 1. The van der Waals surface area contributed by atoms with E-state index in [1.54, 1.807) is 0 Å². The monoisotopic (exact) mass is 294 g/mol. The van der Waals surface area contributed by atoms with E-state index in [-0.39, 0.29) is 25.4 Å². The molecule has 0 fully saturated rings. The number of rotatable bonds is 11. The van der Waals surface area contributed by atoms with E-state index in [1.807, 2.05) is 0 Å². The van der Waals surface area contributed by atoms with Gasteiger partial charge in [0.05, 0.1) is 13.2 Å². The highest BCUT2D eigenvalue weighted by atomic mass is 31.2. The first-order valence-electron chi connectivity index (χ1n) is 6.33. The third-order valence-corrected chi connectivity index (χ3v) is 3.19. The third kappa shape index (κ3) is 10.9. The van der Waals surface area contributed by atoms with Gasteiger partial charge in [0.25, 0.3) is 0 Å². The zero-order chi connectivity index (χ0) is 14.7. The Balaban J connectivity index is 3.64. The zero-order valence-electron chi connectivity index (χ0n) is 11.6. The summed E-state index contributed by atoms with van der Waals surface area (Å²) in [5.41, 5.74) is 0.263. The van der Waals surface area contributed by atoms with Crippen LogP contribution in [0, 0.1) is 0 Å². The summed E-state index contributed by atoms with van der Waals surface area (Å²) >= 11 is 0. The lowest BCUT2D eigenvalue weighted by atomic mass is 10.2. The molecule has 112 valence electrons. The first-order chi connectivity index (χ1) is 8.89. The number of phosphoric acid groups is 1. The topological polar surface area (TPSA) is 82.1 Å². The van der Waals surface area contributed by atoms with Gasteiger partial charge in [0.15, 0.2) is 0 Å². The molecule has 0 rings (SSSR count). The fourth-order valence-electron chi connectivity index (χ4n) is 1.16. The third-order valence-electron chi connectivity index (χ3n) is 2.17. The Bertz CT molecular complexity index is 328. The van der Waals surface area contributed by atoms with Gasteiger partial charge in [0.2, 0.25) is 0 Å². The Morgan fingerprint density at radius 1 is 1.16 bits per heavy atom. The van der Waals surface area contributed by atoms with Crippen molar-refractivity contribution in [1.29, 1.82) is 0 Å². The second-order valence-corrected chi connectivity index (χ2v) is 5.57. The number of hydrogen-bond donors (Lipinski definition) is 1. The van der Waals surface area contributed by atoms with Gasteiger partial charge in [-0.3, -0.25) is 9.05 Å². The molecule has 0 saturated carbocycles. The molecular weight excluding hydrogens is 271 g/mol. The molecule has 0 radical (unpaired) electrons. The van der Waals surface area contributed by atoms with E-state index >= 15 is 0 Å². The van der Waals surface area contributed by atoms with Gasteiger partial charge in [0.1, 0.15) is 6.61 Å². The Kier molecular flexibility index (Phi) is 9.79. The highest BCUT2D eigenvalue weighted by Crippen LogP contribution is 2.43. The van der Waals surface area contributed by atoms with E-state index < -0.39 is 13.8 Å². The second-order valence-electron chi connectivity index (χ2n) is 4.11. The Morgan fingerprint density at radius 3 is 2.37 bits per heavy atom. The lowest BCUT2D eigenvalue weighted by Gasteiger charge is -2.12. The molecule has 7 heteroatoms. The minimum absolute atomic E-state index is 0.116. The molecule has 0 heterocycles. The first-order valence-corrected chi connectivity index (χ1v) is 7.83. The summed E-state index contributed by atoms with van der Waals surface area (Å²) in [5, 5.41) is 0. The second kappa shape index (κ2) is 10.1. The predicted molar refractivity (Wildman–Crippen MR) is 71.6 cm³/mol. The van der Waals surface area contributed by atoms with Crippen molar-refractivity contribution in [2.24, 2.45) is 0 Å². The van der Waals surface area contributed by atoms with Crippen LogP contribution in [-0.2, 0) is 23.1 Å². The van der Waals surface area contributed by atoms with E-state index in [0.717, 1.165) is 19.3 Å². The maximum Gasteiger partial charge on any atom is 0.472 e. The molecule has 0 spiro atoms. The number of carbonyl (C=O) groups excluding carboxylic acids is 1. The molecule has 0 aliphatic heterocycles. The molecule has 0 aliphatic carbocycles. The largest absolute Gasteiger partial charge is 0.472 e. The highest BCUT2D eigenvalue weighted by molar-refractivity contribution is 7.47. The first kappa shape index (κ1) is 18.3. The smallest absolute Gasteiger partial charge is 0.460 e. The molecule has 0 amide bonds. The van der Waals surface area contributed by atoms with E-state index in [4.69, 9.17) is 9.26 Å². The standard InChI is InChI=1S/C12H23O6P/c1-4-5-6-7-8-17-19(14,15)18-10-9-16-12(13)11(2)3/h2,4-10H2,1,3H3,(H,14,15). The SMILES string of the molecule is C=C(C)C(=O)OCCOP(=O)(O)OCCCCCC. The molecule has 0 saturated heterocycles. The normalized spacial score (nSPS) is 13.8. The van der Waals surface area contributed by atoms with Gasteiger partial charge in [-0.05, 0) is 13.3 Å². The Hall–Kier alpha value is -0.680. The molecule has 0 aliphatic rings. The van der Waals surface area contributed by atoms with Crippen LogP contribution in [-0.4, -0.2) is 30.7 Å². The van der Waals surface area contributed by atoms with Gasteiger partial charge >= 0.3 is 13.8 Å². The lowest BCUT2D eigenvalue weighted by molar-refractivity contribution is -0.139. The summed E-state index contributed by atoms with van der Waals surface area (Å²) in [6, 6.07) is 0. The molecule has 19 heavy (non-hydrogen) atoms. The number of ether oxygens (including phenoxy) is 1. The summed E-state index contributed by atoms with van der Waals surface area (Å²) in [7, 11) is -4.04. The van der Waals surface area contributed by atoms with E-state index in [2.05, 4.69) is 18.0 Å². The Labute approximate surface area is 114 Å². The quantitative estimate of drug-likeness (QED) is 0.273. The highest BCUT2D eigenvalue weighted by Gasteiger charge is 2.20. The number of hydrogen-bond acceptors (Lipinski definition) is 5. The van der Waals surface area contributed by atoms with Gasteiger partial charge in [-0.1, -0.05) is 32.8 Å². The van der Waals surface area contributed by atoms with Gasteiger partial charge in [-0.15, -0.1) is 0 Å². The van der Waals surface area contributed by atoms with Crippen molar-refractivity contribution < 1.29 is 28.0 Å². The summed E-state index contributed by atoms with van der Waals surface area (Å²) in [6.45, 7) is 6.86. The molecule has 1 unspecified atom stereocenters. The van der Waals surface area contributed by atoms with Gasteiger partial charge in [-0.25, -0.2) is 9.36 Å². The fourth-order valence-corrected chi connectivity index (χ4v) is 1.90. The van der Waals surface area contributed by atoms with Crippen molar-refractivity contribution in [3.05, 3.63) is 12.2 Å². The molecule has 0 aromatic rings. The van der Waals surface area contributed by atoms with Crippen molar-refractivity contribution >= 4 is 13.8 Å². The van der Waals surface area contributed by atoms with Crippen molar-refractivity contribution in [2.45, 2.75) is 39.5 Å². The molecule has 0 aromatic heterocycles. The van der Waals surface area contributed by atoms with Crippen LogP contribution in [0.15, 0.2) is 12.2 Å². The number of carbonyl (C=O) groups is 1. The molecule has 1 N–H and O–H groups in total. The maximum atomic E-state index is 11.4.